The Morgan fingerprint density at radius 3 is 0.980 bits per heavy atom. The molecule has 0 heterocycles. The lowest BCUT2D eigenvalue weighted by Crippen LogP contribution is -2.41. The van der Waals surface area contributed by atoms with Crippen LogP contribution in [0.15, 0.2) is 0 Å². The van der Waals surface area contributed by atoms with Gasteiger partial charge in [0.05, 0.1) is 139 Å². The number of carboxylic acids is 1. The molecule has 0 saturated carbocycles. The molecule has 0 atom stereocenters. The summed E-state index contributed by atoms with van der Waals surface area (Å²) in [6.45, 7) is 21.5. The van der Waals surface area contributed by atoms with Crippen LogP contribution in [-0.4, -0.2) is 171 Å². The first-order chi connectivity index (χ1) is 24.1. The molecule has 0 aliphatic carbocycles. The summed E-state index contributed by atoms with van der Waals surface area (Å²) in [7, 11) is -1.71. The van der Waals surface area contributed by atoms with Crippen molar-refractivity contribution in [3.05, 3.63) is 0 Å². The molecule has 1 N–H and O–H groups in total. The van der Waals surface area contributed by atoms with Crippen molar-refractivity contribution in [1.82, 2.24) is 0 Å². The average Bonchev–Trinajstić information content (AvgIpc) is 3.06. The smallest absolute Gasteiger partial charge is 0.305 e. The second-order valence-corrected chi connectivity index (χ2v) is 17.4. The first kappa shape index (κ1) is 48.7. The maximum atomic E-state index is 11.5. The van der Waals surface area contributed by atoms with Crippen molar-refractivity contribution in [2.45, 2.75) is 64.6 Å². The van der Waals surface area contributed by atoms with Crippen molar-refractivity contribution in [3.63, 3.8) is 0 Å². The zero-order chi connectivity index (χ0) is 37.0. The van der Waals surface area contributed by atoms with E-state index in [9.17, 15) is 9.59 Å². The molecule has 298 valence electrons. The molecule has 0 aliphatic heterocycles. The van der Waals surface area contributed by atoms with E-state index in [0.717, 1.165) is 0 Å². The molecular formula is C34H68O15Si. The lowest BCUT2D eigenvalue weighted by molar-refractivity contribution is -0.146. The van der Waals surface area contributed by atoms with E-state index in [2.05, 4.69) is 33.9 Å². The summed E-state index contributed by atoms with van der Waals surface area (Å²) in [5, 5.41) is 8.76. The number of carboxylic acid groups (broad SMARTS) is 1. The minimum Gasteiger partial charge on any atom is -0.481 e. The highest BCUT2D eigenvalue weighted by atomic mass is 28.4. The first-order valence-corrected chi connectivity index (χ1v) is 20.8. The molecule has 50 heavy (non-hydrogen) atoms. The van der Waals surface area contributed by atoms with Crippen LogP contribution in [0.4, 0.5) is 0 Å². The van der Waals surface area contributed by atoms with Crippen LogP contribution in [0.25, 0.3) is 0 Å². The number of hydrogen-bond acceptors (Lipinski definition) is 14. The predicted octanol–water partition coefficient (Wildman–Crippen LogP) is 3.36. The van der Waals surface area contributed by atoms with Crippen LogP contribution in [0.3, 0.4) is 0 Å². The fraction of sp³-hybridized carbons (Fsp3) is 0.941. The Balaban J connectivity index is 3.16. The summed E-state index contributed by atoms with van der Waals surface area (Å²) in [5.41, 5.74) is 0. The standard InChI is InChI=1S/C34H68O15Si/c1-34(2,3)50(4,5)49-31-29-47-27-25-45-23-21-43-19-17-41-15-13-39-11-10-38-12-14-40-16-18-42-20-22-44-24-26-46-28-30-48-33(37)9-7-6-8-32(35)36/h6-31H2,1-5H3,(H,35,36). The molecule has 0 spiro atoms. The molecule has 0 aliphatic rings. The minimum atomic E-state index is -1.71. The van der Waals surface area contributed by atoms with Crippen LogP contribution in [0.2, 0.25) is 18.1 Å². The second kappa shape index (κ2) is 34.8. The Bertz CT molecular complexity index is 767. The normalized spacial score (nSPS) is 12.1. The summed E-state index contributed by atoms with van der Waals surface area (Å²) in [6.07, 6.45) is 1.24. The number of ether oxygens (including phenoxy) is 11. The number of hydrogen-bond donors (Lipinski definition) is 1. The Labute approximate surface area is 301 Å². The molecule has 0 bridgehead atoms. The van der Waals surface area contributed by atoms with Crippen LogP contribution in [-0.2, 0) is 66.1 Å². The number of carbonyl (C=O) groups is 2. The molecule has 15 nitrogen and oxygen atoms in total. The van der Waals surface area contributed by atoms with E-state index in [1.165, 1.54) is 0 Å². The average molecular weight is 745 g/mol. The van der Waals surface area contributed by atoms with E-state index in [0.29, 0.717) is 145 Å². The van der Waals surface area contributed by atoms with E-state index >= 15 is 0 Å². The van der Waals surface area contributed by atoms with Gasteiger partial charge in [0.2, 0.25) is 0 Å². The number of unbranched alkanes of at least 4 members (excludes halogenated alkanes) is 1. The molecule has 0 aromatic rings. The van der Waals surface area contributed by atoms with Gasteiger partial charge in [0.1, 0.15) is 6.61 Å². The van der Waals surface area contributed by atoms with Gasteiger partial charge in [0.25, 0.3) is 0 Å². The first-order valence-electron chi connectivity index (χ1n) is 17.8. The molecule has 0 unspecified atom stereocenters. The van der Waals surface area contributed by atoms with Crippen molar-refractivity contribution < 1.29 is 71.2 Å². The van der Waals surface area contributed by atoms with Gasteiger partial charge in [-0.05, 0) is 31.0 Å². The molecule has 0 amide bonds. The van der Waals surface area contributed by atoms with Crippen molar-refractivity contribution >= 4 is 20.3 Å². The van der Waals surface area contributed by atoms with Gasteiger partial charge in [-0.2, -0.15) is 0 Å². The second-order valence-electron chi connectivity index (χ2n) is 12.6. The molecule has 0 aromatic heterocycles. The topological polar surface area (TPSA) is 165 Å². The maximum absolute atomic E-state index is 11.5. The van der Waals surface area contributed by atoms with E-state index < -0.39 is 14.3 Å². The number of aliphatic carboxylic acids is 1. The van der Waals surface area contributed by atoms with E-state index in [-0.39, 0.29) is 37.1 Å². The predicted molar refractivity (Wildman–Crippen MR) is 188 cm³/mol. The zero-order valence-electron chi connectivity index (χ0n) is 31.5. The molecule has 0 fully saturated rings. The van der Waals surface area contributed by atoms with Crippen LogP contribution in [0, 0.1) is 0 Å². The Kier molecular flexibility index (Phi) is 33.9. The lowest BCUT2D eigenvalue weighted by atomic mass is 10.2. The van der Waals surface area contributed by atoms with E-state index in [1.54, 1.807) is 0 Å². The van der Waals surface area contributed by atoms with Gasteiger partial charge < -0.3 is 61.6 Å². The highest BCUT2D eigenvalue weighted by Crippen LogP contribution is 2.36. The van der Waals surface area contributed by atoms with Gasteiger partial charge in [0.15, 0.2) is 8.32 Å². The highest BCUT2D eigenvalue weighted by molar-refractivity contribution is 6.74. The number of esters is 1. The Hall–Kier alpha value is -1.28. The third-order valence-electron chi connectivity index (χ3n) is 7.36. The summed E-state index contributed by atoms with van der Waals surface area (Å²) in [5.74, 6) is -1.21. The summed E-state index contributed by atoms with van der Waals surface area (Å²) in [4.78, 5) is 21.9. The SMILES string of the molecule is CC(C)(C)[Si](C)(C)OCCOCCOCCOCCOCCOCCOCCOCCOCCOCCOCCOC(=O)CCCCC(=O)O. The van der Waals surface area contributed by atoms with Gasteiger partial charge in [-0.15, -0.1) is 0 Å². The Morgan fingerprint density at radius 2 is 0.700 bits per heavy atom. The zero-order valence-corrected chi connectivity index (χ0v) is 32.5. The summed E-state index contributed by atoms with van der Waals surface area (Å²) >= 11 is 0. The third kappa shape index (κ3) is 35.1. The molecular weight excluding hydrogens is 676 g/mol. The molecule has 0 rings (SSSR count). The minimum absolute atomic E-state index is 0.0601. The molecule has 16 heteroatoms. The van der Waals surface area contributed by atoms with Gasteiger partial charge in [-0.1, -0.05) is 20.8 Å². The highest BCUT2D eigenvalue weighted by Gasteiger charge is 2.36. The van der Waals surface area contributed by atoms with Gasteiger partial charge in [-0.3, -0.25) is 9.59 Å². The van der Waals surface area contributed by atoms with Crippen LogP contribution in [0.1, 0.15) is 46.5 Å². The van der Waals surface area contributed by atoms with Gasteiger partial charge in [0, 0.05) is 12.8 Å². The largest absolute Gasteiger partial charge is 0.481 e. The van der Waals surface area contributed by atoms with E-state index in [1.807, 2.05) is 0 Å². The fourth-order valence-corrected chi connectivity index (χ4v) is 4.51. The number of carbonyl (C=O) groups excluding carboxylic acids is 1. The quantitative estimate of drug-likeness (QED) is 0.0553. The van der Waals surface area contributed by atoms with Crippen molar-refractivity contribution in [1.29, 1.82) is 0 Å². The van der Waals surface area contributed by atoms with Crippen molar-refractivity contribution in [2.75, 3.05) is 145 Å². The van der Waals surface area contributed by atoms with Crippen molar-refractivity contribution in [2.24, 2.45) is 0 Å². The van der Waals surface area contributed by atoms with Gasteiger partial charge >= 0.3 is 11.9 Å². The molecule has 0 radical (unpaired) electrons. The summed E-state index contributed by atoms with van der Waals surface area (Å²) in [6, 6.07) is 0. The third-order valence-corrected chi connectivity index (χ3v) is 11.9. The van der Waals surface area contributed by atoms with Crippen molar-refractivity contribution in [3.8, 4) is 0 Å². The summed E-state index contributed by atoms with van der Waals surface area (Å²) < 4.78 is 65.8. The van der Waals surface area contributed by atoms with Crippen LogP contribution < -0.4 is 0 Å². The fourth-order valence-electron chi connectivity index (χ4n) is 3.49. The van der Waals surface area contributed by atoms with E-state index in [4.69, 9.17) is 61.6 Å². The van der Waals surface area contributed by atoms with Crippen LogP contribution >= 0.6 is 0 Å². The number of rotatable bonds is 39. The van der Waals surface area contributed by atoms with Crippen LogP contribution in [0.5, 0.6) is 0 Å². The maximum Gasteiger partial charge on any atom is 0.305 e. The Morgan fingerprint density at radius 1 is 0.440 bits per heavy atom. The molecule has 0 aromatic carbocycles. The lowest BCUT2D eigenvalue weighted by Gasteiger charge is -2.36. The molecule has 0 saturated heterocycles. The monoisotopic (exact) mass is 744 g/mol. The van der Waals surface area contributed by atoms with Gasteiger partial charge in [-0.25, -0.2) is 0 Å².